The summed E-state index contributed by atoms with van der Waals surface area (Å²) in [5, 5.41) is -0.522. The van der Waals surface area contributed by atoms with E-state index in [1.54, 1.807) is 0 Å². The van der Waals surface area contributed by atoms with E-state index in [0.29, 0.717) is 6.42 Å². The Labute approximate surface area is 76.1 Å². The predicted octanol–water partition coefficient (Wildman–Crippen LogP) is -0.730. The Hall–Kier alpha value is -0.170. The van der Waals surface area contributed by atoms with Crippen molar-refractivity contribution in [1.29, 1.82) is 0 Å². The Balaban J connectivity index is 1.89. The third-order valence-electron chi connectivity index (χ3n) is 3.02. The molecule has 0 aromatic rings. The summed E-state index contributed by atoms with van der Waals surface area (Å²) in [6.07, 6.45) is 0.369. The summed E-state index contributed by atoms with van der Waals surface area (Å²) >= 11 is 0. The minimum absolute atomic E-state index is 0.00803. The third kappa shape index (κ3) is 0.942. The zero-order valence-corrected chi connectivity index (χ0v) is 7.86. The van der Waals surface area contributed by atoms with Gasteiger partial charge in [-0.25, -0.2) is 0 Å². The molecule has 74 valence electrons. The molecule has 3 rings (SSSR count). The maximum atomic E-state index is 11.4. The van der Waals surface area contributed by atoms with Crippen molar-refractivity contribution in [3.05, 3.63) is 0 Å². The van der Waals surface area contributed by atoms with Gasteiger partial charge in [-0.2, -0.15) is 8.42 Å². The van der Waals surface area contributed by atoms with Gasteiger partial charge in [-0.15, -0.1) is 0 Å². The van der Waals surface area contributed by atoms with E-state index < -0.39 is 15.4 Å². The van der Waals surface area contributed by atoms with Gasteiger partial charge in [0.25, 0.3) is 10.1 Å². The molecule has 3 heterocycles. The maximum absolute atomic E-state index is 11.4. The second-order valence-electron chi connectivity index (χ2n) is 3.64. The zero-order valence-electron chi connectivity index (χ0n) is 7.04. The van der Waals surface area contributed by atoms with Crippen LogP contribution in [-0.2, 0) is 23.8 Å². The summed E-state index contributed by atoms with van der Waals surface area (Å²) in [6.45, 7) is 0. The molecule has 0 spiro atoms. The highest BCUT2D eigenvalue weighted by atomic mass is 32.2. The summed E-state index contributed by atoms with van der Waals surface area (Å²) in [5.41, 5.74) is 0. The van der Waals surface area contributed by atoms with Gasteiger partial charge in [0.2, 0.25) is 0 Å². The molecule has 3 saturated heterocycles. The van der Waals surface area contributed by atoms with Crippen molar-refractivity contribution < 1.29 is 22.1 Å². The largest absolute Gasteiger partial charge is 0.368 e. The molecule has 2 bridgehead atoms. The molecule has 0 aromatic heterocycles. The van der Waals surface area contributed by atoms with Gasteiger partial charge in [0, 0.05) is 0 Å². The number of epoxide rings is 1. The lowest BCUT2D eigenvalue weighted by Gasteiger charge is -2.14. The molecule has 0 aliphatic carbocycles. The van der Waals surface area contributed by atoms with Gasteiger partial charge >= 0.3 is 0 Å². The summed E-state index contributed by atoms with van der Waals surface area (Å²) in [5.74, 6) is 0. The molecule has 3 fully saturated rings. The van der Waals surface area contributed by atoms with E-state index in [2.05, 4.69) is 4.18 Å². The average molecular weight is 206 g/mol. The van der Waals surface area contributed by atoms with Crippen molar-refractivity contribution in [2.75, 3.05) is 7.11 Å². The van der Waals surface area contributed by atoms with Crippen molar-refractivity contribution >= 4 is 10.1 Å². The van der Waals surface area contributed by atoms with Crippen LogP contribution in [0, 0.1) is 0 Å². The molecule has 6 heteroatoms. The van der Waals surface area contributed by atoms with Crippen LogP contribution in [0.5, 0.6) is 0 Å². The topological polar surface area (TPSA) is 65.1 Å². The first-order valence-corrected chi connectivity index (χ1v) is 5.71. The van der Waals surface area contributed by atoms with Gasteiger partial charge in [0.1, 0.15) is 23.6 Å². The Morgan fingerprint density at radius 1 is 1.23 bits per heavy atom. The van der Waals surface area contributed by atoms with Gasteiger partial charge in [-0.1, -0.05) is 0 Å². The molecule has 0 aromatic carbocycles. The summed E-state index contributed by atoms with van der Waals surface area (Å²) in [6, 6.07) is 0. The van der Waals surface area contributed by atoms with Crippen molar-refractivity contribution in [3.63, 3.8) is 0 Å². The van der Waals surface area contributed by atoms with Crippen LogP contribution in [0.15, 0.2) is 0 Å². The van der Waals surface area contributed by atoms with Gasteiger partial charge in [-0.05, 0) is 6.42 Å². The van der Waals surface area contributed by atoms with E-state index in [1.807, 2.05) is 0 Å². The zero-order chi connectivity index (χ0) is 9.22. The Kier molecular flexibility index (Phi) is 1.41. The fourth-order valence-electron chi connectivity index (χ4n) is 2.31. The monoisotopic (exact) mass is 206 g/mol. The predicted molar refractivity (Wildman–Crippen MR) is 41.7 cm³/mol. The van der Waals surface area contributed by atoms with E-state index in [4.69, 9.17) is 9.47 Å². The maximum Gasteiger partial charge on any atom is 0.272 e. The molecule has 13 heavy (non-hydrogen) atoms. The smallest absolute Gasteiger partial charge is 0.272 e. The fourth-order valence-corrected chi connectivity index (χ4v) is 3.53. The highest BCUT2D eigenvalue weighted by Crippen LogP contribution is 2.50. The van der Waals surface area contributed by atoms with Crippen LogP contribution in [0.2, 0.25) is 0 Å². The minimum Gasteiger partial charge on any atom is -0.368 e. The molecular formula is C7H10O5S. The highest BCUT2D eigenvalue weighted by Gasteiger charge is 2.67. The fraction of sp³-hybridized carbons (Fsp3) is 1.00. The van der Waals surface area contributed by atoms with Gasteiger partial charge in [-0.3, -0.25) is 4.18 Å². The molecule has 5 atom stereocenters. The lowest BCUT2D eigenvalue weighted by Crippen LogP contribution is -2.36. The van der Waals surface area contributed by atoms with E-state index in [-0.39, 0.29) is 24.4 Å². The SMILES string of the molecule is COS(=O)(=O)C1CC2OC1C1OC21. The molecule has 0 saturated carbocycles. The standard InChI is InChI=1S/C7H10O5S/c1-10-13(8,9)4-2-3-5-7(12-5)6(4)11-3/h3-7H,2H2,1H3. The first-order valence-electron chi connectivity index (χ1n) is 4.24. The molecule has 0 amide bonds. The summed E-state index contributed by atoms with van der Waals surface area (Å²) < 4.78 is 38.0. The van der Waals surface area contributed by atoms with Crippen molar-refractivity contribution in [2.45, 2.75) is 36.1 Å². The molecule has 5 unspecified atom stereocenters. The van der Waals surface area contributed by atoms with Crippen molar-refractivity contribution in [2.24, 2.45) is 0 Å². The van der Waals surface area contributed by atoms with Gasteiger partial charge < -0.3 is 9.47 Å². The quantitative estimate of drug-likeness (QED) is 0.440. The van der Waals surface area contributed by atoms with Gasteiger partial charge in [0.05, 0.1) is 13.2 Å². The first-order chi connectivity index (χ1) is 6.13. The molecule has 0 N–H and O–H groups in total. The second-order valence-corrected chi connectivity index (χ2v) is 5.56. The number of hydrogen-bond acceptors (Lipinski definition) is 5. The third-order valence-corrected chi connectivity index (χ3v) is 4.68. The lowest BCUT2D eigenvalue weighted by atomic mass is 10.0. The van der Waals surface area contributed by atoms with E-state index in [1.165, 1.54) is 7.11 Å². The highest BCUT2D eigenvalue weighted by molar-refractivity contribution is 7.87. The molecule has 3 aliphatic heterocycles. The number of ether oxygens (including phenoxy) is 2. The van der Waals surface area contributed by atoms with Crippen LogP contribution >= 0.6 is 0 Å². The molecular weight excluding hydrogens is 196 g/mol. The molecule has 5 nitrogen and oxygen atoms in total. The van der Waals surface area contributed by atoms with Crippen LogP contribution in [0.25, 0.3) is 0 Å². The summed E-state index contributed by atoms with van der Waals surface area (Å²) in [4.78, 5) is 0. The Morgan fingerprint density at radius 2 is 2.00 bits per heavy atom. The lowest BCUT2D eigenvalue weighted by molar-refractivity contribution is 0.0210. The second kappa shape index (κ2) is 2.25. The average Bonchev–Trinajstić information content (AvgIpc) is 2.71. The molecule has 0 radical (unpaired) electrons. The number of rotatable bonds is 2. The first kappa shape index (κ1) is 8.16. The Bertz CT molecular complexity index is 337. The van der Waals surface area contributed by atoms with Crippen LogP contribution in [0.4, 0.5) is 0 Å². The van der Waals surface area contributed by atoms with Crippen LogP contribution in [0.3, 0.4) is 0 Å². The van der Waals surface area contributed by atoms with Crippen LogP contribution in [0.1, 0.15) is 6.42 Å². The van der Waals surface area contributed by atoms with Crippen molar-refractivity contribution in [3.8, 4) is 0 Å². The van der Waals surface area contributed by atoms with E-state index in [9.17, 15) is 8.42 Å². The van der Waals surface area contributed by atoms with Gasteiger partial charge in [0.15, 0.2) is 0 Å². The Morgan fingerprint density at radius 3 is 2.54 bits per heavy atom. The summed E-state index contributed by atoms with van der Waals surface area (Å²) in [7, 11) is -2.25. The van der Waals surface area contributed by atoms with E-state index in [0.717, 1.165) is 0 Å². The van der Waals surface area contributed by atoms with Crippen LogP contribution in [-0.4, -0.2) is 45.2 Å². The normalized spacial score (nSPS) is 52.2. The van der Waals surface area contributed by atoms with Crippen LogP contribution < -0.4 is 0 Å². The van der Waals surface area contributed by atoms with Crippen molar-refractivity contribution in [1.82, 2.24) is 0 Å². The molecule has 3 aliphatic rings. The number of hydrogen-bond donors (Lipinski definition) is 0. The number of fused-ring (bicyclic) bond motifs is 5. The van der Waals surface area contributed by atoms with E-state index >= 15 is 0 Å². The minimum atomic E-state index is -3.44.